The average Bonchev–Trinajstić information content (AvgIpc) is 2.70. The first kappa shape index (κ1) is 21.2. The summed E-state index contributed by atoms with van der Waals surface area (Å²) in [5, 5.41) is 7.01. The van der Waals surface area contributed by atoms with Gasteiger partial charge >= 0.3 is 0 Å². The van der Waals surface area contributed by atoms with Crippen LogP contribution in [0.2, 0.25) is 0 Å². The zero-order chi connectivity index (χ0) is 19.6. The number of aliphatic imine (C=N–C) groups is 1. The van der Waals surface area contributed by atoms with Crippen LogP contribution >= 0.6 is 0 Å². The normalized spacial score (nSPS) is 15.8. The molecule has 0 saturated carbocycles. The van der Waals surface area contributed by atoms with E-state index >= 15 is 0 Å². The SMILES string of the molecule is CN=C(NCCCC(C)C)NC1CCN(c2cc(OC)cc(OC)c2)CC1. The first-order valence-corrected chi connectivity index (χ1v) is 10.0. The predicted molar refractivity (Wildman–Crippen MR) is 113 cm³/mol. The van der Waals surface area contributed by atoms with Crippen molar-refractivity contribution in [2.45, 2.75) is 45.6 Å². The van der Waals surface area contributed by atoms with E-state index in [1.807, 2.05) is 13.1 Å². The summed E-state index contributed by atoms with van der Waals surface area (Å²) in [7, 11) is 5.22. The summed E-state index contributed by atoms with van der Waals surface area (Å²) in [6, 6.07) is 6.51. The van der Waals surface area contributed by atoms with Crippen LogP contribution in [0, 0.1) is 5.92 Å². The maximum Gasteiger partial charge on any atom is 0.191 e. The van der Waals surface area contributed by atoms with Gasteiger partial charge in [-0.05, 0) is 31.6 Å². The quantitative estimate of drug-likeness (QED) is 0.414. The molecule has 1 heterocycles. The average molecular weight is 377 g/mol. The fourth-order valence-electron chi connectivity index (χ4n) is 3.36. The van der Waals surface area contributed by atoms with Gasteiger partial charge < -0.3 is 25.0 Å². The van der Waals surface area contributed by atoms with Gasteiger partial charge in [0.25, 0.3) is 0 Å². The van der Waals surface area contributed by atoms with Crippen molar-refractivity contribution < 1.29 is 9.47 Å². The van der Waals surface area contributed by atoms with Crippen LogP contribution in [0.5, 0.6) is 11.5 Å². The van der Waals surface area contributed by atoms with E-state index in [0.717, 1.165) is 61.5 Å². The van der Waals surface area contributed by atoms with Gasteiger partial charge in [0.2, 0.25) is 0 Å². The molecule has 2 N–H and O–H groups in total. The van der Waals surface area contributed by atoms with Crippen LogP contribution in [0.3, 0.4) is 0 Å². The maximum atomic E-state index is 5.39. The van der Waals surface area contributed by atoms with E-state index in [4.69, 9.17) is 9.47 Å². The van der Waals surface area contributed by atoms with Gasteiger partial charge in [-0.25, -0.2) is 0 Å². The first-order chi connectivity index (χ1) is 13.0. The number of methoxy groups -OCH3 is 2. The Morgan fingerprint density at radius 3 is 2.30 bits per heavy atom. The molecule has 2 rings (SSSR count). The largest absolute Gasteiger partial charge is 0.497 e. The highest BCUT2D eigenvalue weighted by Gasteiger charge is 2.21. The molecule has 6 nitrogen and oxygen atoms in total. The fraction of sp³-hybridized carbons (Fsp3) is 0.667. The molecule has 0 unspecified atom stereocenters. The third-order valence-electron chi connectivity index (χ3n) is 5.01. The molecule has 1 saturated heterocycles. The van der Waals surface area contributed by atoms with Gasteiger partial charge in [0.15, 0.2) is 5.96 Å². The lowest BCUT2D eigenvalue weighted by atomic mass is 10.0. The molecule has 0 spiro atoms. The second-order valence-corrected chi connectivity index (χ2v) is 7.51. The first-order valence-electron chi connectivity index (χ1n) is 10.0. The summed E-state index contributed by atoms with van der Waals surface area (Å²) in [5.74, 6) is 3.33. The Hall–Kier alpha value is -2.11. The Labute approximate surface area is 164 Å². The van der Waals surface area contributed by atoms with Crippen molar-refractivity contribution >= 4 is 11.6 Å². The monoisotopic (exact) mass is 376 g/mol. The number of anilines is 1. The second-order valence-electron chi connectivity index (χ2n) is 7.51. The van der Waals surface area contributed by atoms with Crippen LogP contribution in [-0.2, 0) is 0 Å². The van der Waals surface area contributed by atoms with Gasteiger partial charge in [0.05, 0.1) is 14.2 Å². The number of rotatable bonds is 8. The van der Waals surface area contributed by atoms with Gasteiger partial charge in [-0.2, -0.15) is 0 Å². The number of piperidine rings is 1. The van der Waals surface area contributed by atoms with Crippen molar-refractivity contribution in [1.29, 1.82) is 0 Å². The van der Waals surface area contributed by atoms with E-state index in [0.29, 0.717) is 6.04 Å². The second kappa shape index (κ2) is 10.9. The van der Waals surface area contributed by atoms with Crippen molar-refractivity contribution in [3.63, 3.8) is 0 Å². The van der Waals surface area contributed by atoms with E-state index in [2.05, 4.69) is 46.5 Å². The minimum Gasteiger partial charge on any atom is -0.497 e. The number of nitrogens with one attached hydrogen (secondary N) is 2. The van der Waals surface area contributed by atoms with E-state index in [9.17, 15) is 0 Å². The van der Waals surface area contributed by atoms with E-state index in [1.165, 1.54) is 12.8 Å². The van der Waals surface area contributed by atoms with E-state index in [1.54, 1.807) is 14.2 Å². The predicted octanol–water partition coefficient (Wildman–Crippen LogP) is 3.27. The zero-order valence-corrected chi connectivity index (χ0v) is 17.5. The third kappa shape index (κ3) is 6.85. The summed E-state index contributed by atoms with van der Waals surface area (Å²) in [6.07, 6.45) is 4.57. The Morgan fingerprint density at radius 2 is 1.78 bits per heavy atom. The summed E-state index contributed by atoms with van der Waals surface area (Å²) in [6.45, 7) is 7.49. The lowest BCUT2D eigenvalue weighted by molar-refractivity contribution is 0.393. The van der Waals surface area contributed by atoms with E-state index in [-0.39, 0.29) is 0 Å². The van der Waals surface area contributed by atoms with Gasteiger partial charge in [0, 0.05) is 56.6 Å². The Morgan fingerprint density at radius 1 is 1.15 bits per heavy atom. The third-order valence-corrected chi connectivity index (χ3v) is 5.01. The van der Waals surface area contributed by atoms with Crippen LogP contribution in [-0.4, -0.2) is 52.9 Å². The fourth-order valence-corrected chi connectivity index (χ4v) is 3.36. The maximum absolute atomic E-state index is 5.39. The number of hydrogen-bond acceptors (Lipinski definition) is 4. The standard InChI is InChI=1S/C21H36N4O2/c1-16(2)7-6-10-23-21(22-3)24-17-8-11-25(12-9-17)18-13-19(26-4)15-20(14-18)27-5/h13-17H,6-12H2,1-5H3,(H2,22,23,24). The molecule has 0 aromatic heterocycles. The molecule has 6 heteroatoms. The Bertz CT molecular complexity index is 574. The van der Waals surface area contributed by atoms with Crippen LogP contribution in [0.4, 0.5) is 5.69 Å². The van der Waals surface area contributed by atoms with Gasteiger partial charge in [0.1, 0.15) is 11.5 Å². The molecule has 0 atom stereocenters. The zero-order valence-electron chi connectivity index (χ0n) is 17.5. The molecular formula is C21H36N4O2. The topological polar surface area (TPSA) is 58.1 Å². The molecule has 0 amide bonds. The number of nitrogens with zero attached hydrogens (tertiary/aromatic N) is 2. The van der Waals surface area contributed by atoms with Crippen molar-refractivity contribution in [2.75, 3.05) is 45.8 Å². The highest BCUT2D eigenvalue weighted by atomic mass is 16.5. The van der Waals surface area contributed by atoms with Crippen LogP contribution in [0.15, 0.2) is 23.2 Å². The lowest BCUT2D eigenvalue weighted by Gasteiger charge is -2.34. The molecule has 1 aliphatic rings. The molecule has 1 fully saturated rings. The molecule has 1 aromatic rings. The van der Waals surface area contributed by atoms with Crippen molar-refractivity contribution in [1.82, 2.24) is 10.6 Å². The highest BCUT2D eigenvalue weighted by Crippen LogP contribution is 2.30. The summed E-state index contributed by atoms with van der Waals surface area (Å²) in [5.41, 5.74) is 1.15. The van der Waals surface area contributed by atoms with Gasteiger partial charge in [-0.1, -0.05) is 13.8 Å². The summed E-state index contributed by atoms with van der Waals surface area (Å²) in [4.78, 5) is 6.76. The molecule has 0 aliphatic carbocycles. The molecule has 0 bridgehead atoms. The number of benzene rings is 1. The van der Waals surface area contributed by atoms with E-state index < -0.39 is 0 Å². The van der Waals surface area contributed by atoms with Gasteiger partial charge in [-0.3, -0.25) is 4.99 Å². The minimum absolute atomic E-state index is 0.449. The number of hydrogen-bond donors (Lipinski definition) is 2. The summed E-state index contributed by atoms with van der Waals surface area (Å²) < 4.78 is 10.8. The molecular weight excluding hydrogens is 340 g/mol. The van der Waals surface area contributed by atoms with Crippen LogP contribution < -0.4 is 25.0 Å². The molecule has 27 heavy (non-hydrogen) atoms. The summed E-state index contributed by atoms with van der Waals surface area (Å²) >= 11 is 0. The molecule has 0 radical (unpaired) electrons. The van der Waals surface area contributed by atoms with Crippen molar-refractivity contribution in [3.8, 4) is 11.5 Å². The number of guanidine groups is 1. The Kier molecular flexibility index (Phi) is 8.55. The number of ether oxygens (including phenoxy) is 2. The molecule has 1 aromatic carbocycles. The molecule has 152 valence electrons. The smallest absolute Gasteiger partial charge is 0.191 e. The highest BCUT2D eigenvalue weighted by molar-refractivity contribution is 5.80. The minimum atomic E-state index is 0.449. The molecule has 1 aliphatic heterocycles. The Balaban J connectivity index is 1.82. The lowest BCUT2D eigenvalue weighted by Crippen LogP contribution is -2.48. The van der Waals surface area contributed by atoms with Gasteiger partial charge in [-0.15, -0.1) is 0 Å². The van der Waals surface area contributed by atoms with Crippen molar-refractivity contribution in [2.24, 2.45) is 10.9 Å². The van der Waals surface area contributed by atoms with Crippen LogP contribution in [0.1, 0.15) is 39.5 Å². The van der Waals surface area contributed by atoms with Crippen LogP contribution in [0.25, 0.3) is 0 Å². The van der Waals surface area contributed by atoms with Crippen molar-refractivity contribution in [3.05, 3.63) is 18.2 Å².